The van der Waals surface area contributed by atoms with Crippen molar-refractivity contribution in [1.82, 2.24) is 0 Å². The Labute approximate surface area is 162 Å². The fourth-order valence-corrected chi connectivity index (χ4v) is 3.08. The highest BCUT2D eigenvalue weighted by Gasteiger charge is 2.37. The van der Waals surface area contributed by atoms with Gasteiger partial charge in [-0.25, -0.2) is 8.78 Å². The first kappa shape index (κ1) is 19.8. The van der Waals surface area contributed by atoms with Gasteiger partial charge in [0.05, 0.1) is 11.1 Å². The van der Waals surface area contributed by atoms with E-state index in [1.54, 1.807) is 23.1 Å². The summed E-state index contributed by atoms with van der Waals surface area (Å²) in [5.41, 5.74) is -0.432. The van der Waals surface area contributed by atoms with E-state index in [1.807, 2.05) is 20.8 Å². The first-order valence-electron chi connectivity index (χ1n) is 9.09. The van der Waals surface area contributed by atoms with Crippen LogP contribution in [0.2, 0.25) is 0 Å². The van der Waals surface area contributed by atoms with E-state index in [0.717, 1.165) is 18.6 Å². The Morgan fingerprint density at radius 2 is 1.89 bits per heavy atom. The number of ether oxygens (including phenoxy) is 1. The lowest BCUT2D eigenvalue weighted by molar-refractivity contribution is -0.127. The van der Waals surface area contributed by atoms with Gasteiger partial charge in [-0.3, -0.25) is 9.59 Å². The molecule has 0 radical (unpaired) electrons. The van der Waals surface area contributed by atoms with E-state index in [9.17, 15) is 18.4 Å². The van der Waals surface area contributed by atoms with Crippen LogP contribution in [-0.2, 0) is 4.79 Å². The molecule has 2 amide bonds. The standard InChI is InChI=1S/C21H22F2N2O3/c1-4-10-25-16-9-8-13(11-17(16)28-12-21(2,3)20(25)27)24-19(26)18-14(22)6-5-7-15(18)23/h5-9,11H,4,10,12H2,1-3H3,(H,24,26). The lowest BCUT2D eigenvalue weighted by atomic mass is 9.93. The molecule has 0 fully saturated rings. The van der Waals surface area contributed by atoms with Crippen molar-refractivity contribution in [3.63, 3.8) is 0 Å². The van der Waals surface area contributed by atoms with Crippen LogP contribution >= 0.6 is 0 Å². The van der Waals surface area contributed by atoms with Crippen LogP contribution in [0.25, 0.3) is 0 Å². The predicted octanol–water partition coefficient (Wildman–Crippen LogP) is 4.38. The second-order valence-corrected chi connectivity index (χ2v) is 7.36. The second-order valence-electron chi connectivity index (χ2n) is 7.36. The summed E-state index contributed by atoms with van der Waals surface area (Å²) in [7, 11) is 0. The number of fused-ring (bicyclic) bond motifs is 1. The summed E-state index contributed by atoms with van der Waals surface area (Å²) in [5.74, 6) is -2.39. The number of carbonyl (C=O) groups excluding carboxylic acids is 2. The molecule has 0 saturated heterocycles. The van der Waals surface area contributed by atoms with Crippen LogP contribution in [0.15, 0.2) is 36.4 Å². The highest BCUT2D eigenvalue weighted by molar-refractivity contribution is 6.05. The number of hydrogen-bond donors (Lipinski definition) is 1. The number of anilines is 2. The minimum Gasteiger partial charge on any atom is -0.490 e. The van der Waals surface area contributed by atoms with E-state index in [-0.39, 0.29) is 12.5 Å². The third-order valence-corrected chi connectivity index (χ3v) is 4.56. The number of carbonyl (C=O) groups is 2. The summed E-state index contributed by atoms with van der Waals surface area (Å²) in [6, 6.07) is 8.04. The molecule has 2 aromatic rings. The van der Waals surface area contributed by atoms with Crippen molar-refractivity contribution < 1.29 is 23.1 Å². The second kappa shape index (κ2) is 7.58. The summed E-state index contributed by atoms with van der Waals surface area (Å²) in [5, 5.41) is 2.49. The van der Waals surface area contributed by atoms with Gasteiger partial charge in [-0.15, -0.1) is 0 Å². The molecule has 0 spiro atoms. The van der Waals surface area contributed by atoms with Gasteiger partial charge < -0.3 is 15.0 Å². The van der Waals surface area contributed by atoms with Crippen LogP contribution in [-0.4, -0.2) is 25.0 Å². The van der Waals surface area contributed by atoms with E-state index >= 15 is 0 Å². The molecule has 0 bridgehead atoms. The Balaban J connectivity index is 1.92. The minimum absolute atomic E-state index is 0.0432. The number of nitrogens with zero attached hydrogens (tertiary/aromatic N) is 1. The maximum Gasteiger partial charge on any atom is 0.261 e. The first-order valence-corrected chi connectivity index (χ1v) is 9.09. The zero-order valence-electron chi connectivity index (χ0n) is 16.0. The molecule has 148 valence electrons. The number of amides is 2. The molecule has 0 saturated carbocycles. The van der Waals surface area contributed by atoms with Gasteiger partial charge in [0.15, 0.2) is 0 Å². The Hall–Kier alpha value is -2.96. The highest BCUT2D eigenvalue weighted by Crippen LogP contribution is 2.38. The molecular formula is C21H22F2N2O3. The molecule has 28 heavy (non-hydrogen) atoms. The van der Waals surface area contributed by atoms with Gasteiger partial charge in [0.25, 0.3) is 5.91 Å². The third kappa shape index (κ3) is 3.69. The number of halogens is 2. The van der Waals surface area contributed by atoms with E-state index in [0.29, 0.717) is 23.7 Å². The highest BCUT2D eigenvalue weighted by atomic mass is 19.1. The normalized spacial score (nSPS) is 15.5. The van der Waals surface area contributed by atoms with Gasteiger partial charge in [-0.05, 0) is 44.5 Å². The molecule has 1 aliphatic rings. The Kier molecular flexibility index (Phi) is 5.36. The molecule has 3 rings (SSSR count). The molecule has 1 aliphatic heterocycles. The molecule has 0 unspecified atom stereocenters. The van der Waals surface area contributed by atoms with E-state index in [4.69, 9.17) is 4.74 Å². The van der Waals surface area contributed by atoms with Gasteiger partial charge >= 0.3 is 0 Å². The SMILES string of the molecule is CCCN1C(=O)C(C)(C)COc2cc(NC(=O)c3c(F)cccc3F)ccc21. The van der Waals surface area contributed by atoms with Crippen molar-refractivity contribution in [2.24, 2.45) is 5.41 Å². The van der Waals surface area contributed by atoms with Crippen molar-refractivity contribution in [2.75, 3.05) is 23.4 Å². The van der Waals surface area contributed by atoms with E-state index < -0.39 is 28.5 Å². The molecule has 0 atom stereocenters. The van der Waals surface area contributed by atoms with Crippen molar-refractivity contribution in [1.29, 1.82) is 0 Å². The topological polar surface area (TPSA) is 58.6 Å². The van der Waals surface area contributed by atoms with Crippen molar-refractivity contribution in [3.8, 4) is 5.75 Å². The molecule has 1 N–H and O–H groups in total. The van der Waals surface area contributed by atoms with E-state index in [2.05, 4.69) is 5.32 Å². The molecule has 2 aromatic carbocycles. The third-order valence-electron chi connectivity index (χ3n) is 4.56. The van der Waals surface area contributed by atoms with Gasteiger partial charge in [0.1, 0.15) is 29.6 Å². The van der Waals surface area contributed by atoms with Crippen LogP contribution in [0.1, 0.15) is 37.6 Å². The molecule has 5 nitrogen and oxygen atoms in total. The maximum absolute atomic E-state index is 13.8. The van der Waals surface area contributed by atoms with Crippen LogP contribution < -0.4 is 15.0 Å². The van der Waals surface area contributed by atoms with Crippen LogP contribution in [0.3, 0.4) is 0 Å². The zero-order chi connectivity index (χ0) is 20.5. The average molecular weight is 388 g/mol. The number of hydrogen-bond acceptors (Lipinski definition) is 3. The largest absolute Gasteiger partial charge is 0.490 e. The van der Waals surface area contributed by atoms with Crippen LogP contribution in [0, 0.1) is 17.0 Å². The lowest BCUT2D eigenvalue weighted by Crippen LogP contribution is -2.42. The zero-order valence-corrected chi connectivity index (χ0v) is 16.0. The smallest absolute Gasteiger partial charge is 0.261 e. The predicted molar refractivity (Wildman–Crippen MR) is 103 cm³/mol. The molecule has 1 heterocycles. The quantitative estimate of drug-likeness (QED) is 0.846. The van der Waals surface area contributed by atoms with Crippen molar-refractivity contribution in [2.45, 2.75) is 27.2 Å². The van der Waals surface area contributed by atoms with Gasteiger partial charge in [0.2, 0.25) is 5.91 Å². The van der Waals surface area contributed by atoms with E-state index in [1.165, 1.54) is 6.07 Å². The molecule has 7 heteroatoms. The Morgan fingerprint density at radius 1 is 1.21 bits per heavy atom. The van der Waals surface area contributed by atoms with Gasteiger partial charge in [0, 0.05) is 18.3 Å². The monoisotopic (exact) mass is 388 g/mol. The first-order chi connectivity index (χ1) is 13.2. The average Bonchev–Trinajstić information content (AvgIpc) is 2.72. The minimum atomic E-state index is -0.940. The number of nitrogens with one attached hydrogen (secondary N) is 1. The Morgan fingerprint density at radius 3 is 2.54 bits per heavy atom. The van der Waals surface area contributed by atoms with Crippen LogP contribution in [0.4, 0.5) is 20.2 Å². The van der Waals surface area contributed by atoms with Crippen molar-refractivity contribution in [3.05, 3.63) is 53.6 Å². The Bertz CT molecular complexity index is 908. The maximum atomic E-state index is 13.8. The summed E-state index contributed by atoms with van der Waals surface area (Å²) in [4.78, 5) is 26.8. The van der Waals surface area contributed by atoms with Crippen molar-refractivity contribution >= 4 is 23.2 Å². The number of benzene rings is 2. The summed E-state index contributed by atoms with van der Waals surface area (Å²) < 4.78 is 33.5. The summed E-state index contributed by atoms with van der Waals surface area (Å²) >= 11 is 0. The molecule has 0 aliphatic carbocycles. The van der Waals surface area contributed by atoms with Gasteiger partial charge in [-0.2, -0.15) is 0 Å². The number of rotatable bonds is 4. The van der Waals surface area contributed by atoms with Gasteiger partial charge in [-0.1, -0.05) is 13.0 Å². The summed E-state index contributed by atoms with van der Waals surface area (Å²) in [6.07, 6.45) is 0.770. The molecule has 0 aromatic heterocycles. The molecular weight excluding hydrogens is 366 g/mol. The van der Waals surface area contributed by atoms with Crippen LogP contribution in [0.5, 0.6) is 5.75 Å². The fourth-order valence-electron chi connectivity index (χ4n) is 3.08. The summed E-state index contributed by atoms with van der Waals surface area (Å²) in [6.45, 7) is 6.31. The lowest BCUT2D eigenvalue weighted by Gasteiger charge is -2.27. The fraction of sp³-hybridized carbons (Fsp3) is 0.333.